The van der Waals surface area contributed by atoms with Crippen molar-refractivity contribution in [1.82, 2.24) is 9.97 Å². The van der Waals surface area contributed by atoms with Gasteiger partial charge >= 0.3 is 0 Å². The molecule has 0 bridgehead atoms. The predicted octanol–water partition coefficient (Wildman–Crippen LogP) is 3.89. The summed E-state index contributed by atoms with van der Waals surface area (Å²) in [5.74, 6) is 0.260. The fourth-order valence-corrected chi connectivity index (χ4v) is 2.85. The Hall–Kier alpha value is -3.15. The normalized spacial score (nSPS) is 15.8. The molecule has 24 heavy (non-hydrogen) atoms. The molecule has 5 nitrogen and oxygen atoms in total. The summed E-state index contributed by atoms with van der Waals surface area (Å²) in [7, 11) is 1.58. The van der Waals surface area contributed by atoms with Crippen molar-refractivity contribution in [3.63, 3.8) is 0 Å². The average molecular weight is 322 g/mol. The van der Waals surface area contributed by atoms with Gasteiger partial charge in [-0.25, -0.2) is 9.37 Å². The molecule has 1 aliphatic heterocycles. The molecule has 0 fully saturated rings. The van der Waals surface area contributed by atoms with Crippen LogP contribution < -0.4 is 15.0 Å². The summed E-state index contributed by atoms with van der Waals surface area (Å²) in [5, 5.41) is 3.33. The Balaban J connectivity index is 1.82. The van der Waals surface area contributed by atoms with Gasteiger partial charge in [-0.1, -0.05) is 6.07 Å². The quantitative estimate of drug-likeness (QED) is 0.793. The molecule has 1 aromatic carbocycles. The van der Waals surface area contributed by atoms with Gasteiger partial charge in [0.15, 0.2) is 0 Å². The molecule has 3 aromatic rings. The number of ether oxygens (including phenoxy) is 1. The van der Waals surface area contributed by atoms with Gasteiger partial charge < -0.3 is 15.0 Å². The zero-order valence-electron chi connectivity index (χ0n) is 13.0. The summed E-state index contributed by atoms with van der Waals surface area (Å²) in [4.78, 5) is 10.8. The van der Waals surface area contributed by atoms with E-state index in [9.17, 15) is 4.39 Å². The molecule has 2 aromatic heterocycles. The second-order valence-electron chi connectivity index (χ2n) is 5.39. The number of methoxy groups -OCH3 is 1. The van der Waals surface area contributed by atoms with Crippen LogP contribution in [0.15, 0.2) is 60.9 Å². The standard InChI is InChI=1S/C18H15FN4O/c1-24-17-8-6-13(11-21-17)23-16-7-5-12(19)10-15(16)22-18(23)14-4-2-3-9-20-14/h2-11,18,22H,1H3. The largest absolute Gasteiger partial charge is 0.481 e. The fraction of sp³-hybridized carbons (Fsp3) is 0.111. The first-order chi connectivity index (χ1) is 11.8. The number of benzene rings is 1. The summed E-state index contributed by atoms with van der Waals surface area (Å²) < 4.78 is 18.7. The highest BCUT2D eigenvalue weighted by Crippen LogP contribution is 2.45. The van der Waals surface area contributed by atoms with Crippen LogP contribution in [0, 0.1) is 5.82 Å². The van der Waals surface area contributed by atoms with E-state index >= 15 is 0 Å². The Morgan fingerprint density at radius 2 is 2.04 bits per heavy atom. The Bertz CT molecular complexity index is 855. The molecule has 1 N–H and O–H groups in total. The van der Waals surface area contributed by atoms with Crippen LogP contribution in [0.1, 0.15) is 11.9 Å². The van der Waals surface area contributed by atoms with Crippen LogP contribution in [0.3, 0.4) is 0 Å². The van der Waals surface area contributed by atoms with Crippen LogP contribution >= 0.6 is 0 Å². The lowest BCUT2D eigenvalue weighted by atomic mass is 10.2. The van der Waals surface area contributed by atoms with Crippen molar-refractivity contribution in [2.45, 2.75) is 6.17 Å². The number of nitrogens with zero attached hydrogens (tertiary/aromatic N) is 3. The minimum Gasteiger partial charge on any atom is -0.481 e. The van der Waals surface area contributed by atoms with Crippen molar-refractivity contribution < 1.29 is 9.13 Å². The summed E-state index contributed by atoms with van der Waals surface area (Å²) in [6.45, 7) is 0. The van der Waals surface area contributed by atoms with Gasteiger partial charge in [0.2, 0.25) is 5.88 Å². The maximum atomic E-state index is 13.6. The van der Waals surface area contributed by atoms with Gasteiger partial charge in [0, 0.05) is 12.3 Å². The van der Waals surface area contributed by atoms with Crippen molar-refractivity contribution in [2.24, 2.45) is 0 Å². The fourth-order valence-electron chi connectivity index (χ4n) is 2.85. The second-order valence-corrected chi connectivity index (χ2v) is 5.39. The number of aromatic nitrogens is 2. The molecule has 120 valence electrons. The molecule has 0 saturated carbocycles. The minimum atomic E-state index is -0.282. The van der Waals surface area contributed by atoms with Crippen molar-refractivity contribution in [3.8, 4) is 5.88 Å². The maximum Gasteiger partial charge on any atom is 0.213 e. The van der Waals surface area contributed by atoms with Crippen molar-refractivity contribution in [3.05, 3.63) is 72.4 Å². The molecule has 0 saturated heterocycles. The minimum absolute atomic E-state index is 0.238. The number of pyridine rings is 2. The van der Waals surface area contributed by atoms with E-state index in [2.05, 4.69) is 15.3 Å². The molecule has 0 spiro atoms. The van der Waals surface area contributed by atoms with Crippen LogP contribution in [0.4, 0.5) is 21.5 Å². The molecule has 1 unspecified atom stereocenters. The van der Waals surface area contributed by atoms with Crippen LogP contribution in [0.2, 0.25) is 0 Å². The first kappa shape index (κ1) is 14.4. The molecule has 0 radical (unpaired) electrons. The van der Waals surface area contributed by atoms with E-state index in [4.69, 9.17) is 4.74 Å². The van der Waals surface area contributed by atoms with E-state index in [1.54, 1.807) is 31.6 Å². The number of hydrogen-bond acceptors (Lipinski definition) is 5. The highest BCUT2D eigenvalue weighted by molar-refractivity contribution is 5.82. The third kappa shape index (κ3) is 2.42. The van der Waals surface area contributed by atoms with Gasteiger partial charge in [-0.15, -0.1) is 0 Å². The van der Waals surface area contributed by atoms with Gasteiger partial charge in [-0.2, -0.15) is 0 Å². The highest BCUT2D eigenvalue weighted by atomic mass is 19.1. The number of rotatable bonds is 3. The zero-order valence-corrected chi connectivity index (χ0v) is 13.0. The third-order valence-electron chi connectivity index (χ3n) is 3.94. The van der Waals surface area contributed by atoms with Crippen LogP contribution in [-0.2, 0) is 0 Å². The van der Waals surface area contributed by atoms with E-state index in [1.807, 2.05) is 29.2 Å². The first-order valence-electron chi connectivity index (χ1n) is 7.52. The van der Waals surface area contributed by atoms with Gasteiger partial charge in [0.1, 0.15) is 12.0 Å². The number of hydrogen-bond donors (Lipinski definition) is 1. The van der Waals surface area contributed by atoms with Gasteiger partial charge in [-0.05, 0) is 36.4 Å². The monoisotopic (exact) mass is 322 g/mol. The number of fused-ring (bicyclic) bond motifs is 1. The average Bonchev–Trinajstić information content (AvgIpc) is 3.01. The summed E-state index contributed by atoms with van der Waals surface area (Å²) in [6, 6.07) is 14.1. The molecule has 3 heterocycles. The molecular formula is C18H15FN4O. The Kier molecular flexibility index (Phi) is 3.49. The lowest BCUT2D eigenvalue weighted by Crippen LogP contribution is -2.24. The van der Waals surface area contributed by atoms with Crippen molar-refractivity contribution in [1.29, 1.82) is 0 Å². The predicted molar refractivity (Wildman–Crippen MR) is 89.9 cm³/mol. The van der Waals surface area contributed by atoms with E-state index in [0.717, 1.165) is 22.8 Å². The van der Waals surface area contributed by atoms with Crippen molar-refractivity contribution >= 4 is 17.1 Å². The van der Waals surface area contributed by atoms with Crippen LogP contribution in [0.5, 0.6) is 5.88 Å². The van der Waals surface area contributed by atoms with E-state index in [-0.39, 0.29) is 12.0 Å². The van der Waals surface area contributed by atoms with E-state index in [0.29, 0.717) is 5.88 Å². The second kappa shape index (κ2) is 5.81. The zero-order chi connectivity index (χ0) is 16.5. The molecule has 0 amide bonds. The third-order valence-corrected chi connectivity index (χ3v) is 3.94. The highest BCUT2D eigenvalue weighted by Gasteiger charge is 2.32. The lowest BCUT2D eigenvalue weighted by Gasteiger charge is -2.26. The Labute approximate surface area is 138 Å². The van der Waals surface area contributed by atoms with E-state index in [1.165, 1.54) is 12.1 Å². The van der Waals surface area contributed by atoms with Crippen LogP contribution in [0.25, 0.3) is 0 Å². The van der Waals surface area contributed by atoms with Gasteiger partial charge in [-0.3, -0.25) is 4.98 Å². The topological polar surface area (TPSA) is 50.3 Å². The Morgan fingerprint density at radius 3 is 2.75 bits per heavy atom. The number of anilines is 3. The molecule has 1 aliphatic rings. The van der Waals surface area contributed by atoms with Crippen molar-refractivity contribution in [2.75, 3.05) is 17.3 Å². The number of nitrogens with one attached hydrogen (secondary N) is 1. The summed E-state index contributed by atoms with van der Waals surface area (Å²) in [5.41, 5.74) is 3.30. The maximum absolute atomic E-state index is 13.6. The van der Waals surface area contributed by atoms with E-state index < -0.39 is 0 Å². The molecule has 6 heteroatoms. The number of halogens is 1. The molecule has 4 rings (SSSR count). The smallest absolute Gasteiger partial charge is 0.213 e. The summed E-state index contributed by atoms with van der Waals surface area (Å²) >= 11 is 0. The lowest BCUT2D eigenvalue weighted by molar-refractivity contribution is 0.398. The van der Waals surface area contributed by atoms with Gasteiger partial charge in [0.05, 0.1) is 36.1 Å². The first-order valence-corrected chi connectivity index (χ1v) is 7.52. The van der Waals surface area contributed by atoms with Crippen LogP contribution in [-0.4, -0.2) is 17.1 Å². The SMILES string of the molecule is COc1ccc(N2c3ccc(F)cc3NC2c2ccccn2)cn1. The Morgan fingerprint density at radius 1 is 1.12 bits per heavy atom. The summed E-state index contributed by atoms with van der Waals surface area (Å²) in [6.07, 6.45) is 3.23. The molecule has 1 atom stereocenters. The molecule has 0 aliphatic carbocycles. The molecular weight excluding hydrogens is 307 g/mol. The van der Waals surface area contributed by atoms with Gasteiger partial charge in [0.25, 0.3) is 0 Å².